The molecule has 2 atom stereocenters. The first kappa shape index (κ1) is 16.0. The standard InChI is InChI=1S/C10H12N2O7S/c1-6(13)9(10(14)15)11-20(18,19)8-5-3-2-4-7(8)12(16)17/h2-6,9,11,13H,1H3,(H,14,15)/t6-,9+/m1/s1. The molecule has 110 valence electrons. The maximum absolute atomic E-state index is 12.0. The summed E-state index contributed by atoms with van der Waals surface area (Å²) in [7, 11) is -4.46. The smallest absolute Gasteiger partial charge is 0.324 e. The normalized spacial score (nSPS) is 14.5. The molecule has 1 aromatic carbocycles. The summed E-state index contributed by atoms with van der Waals surface area (Å²) < 4.78 is 25.7. The zero-order valence-corrected chi connectivity index (χ0v) is 11.1. The van der Waals surface area contributed by atoms with Gasteiger partial charge in [-0.3, -0.25) is 14.9 Å². The van der Waals surface area contributed by atoms with Gasteiger partial charge in [-0.25, -0.2) is 8.42 Å². The third-order valence-corrected chi connectivity index (χ3v) is 3.87. The van der Waals surface area contributed by atoms with E-state index >= 15 is 0 Å². The lowest BCUT2D eigenvalue weighted by molar-refractivity contribution is -0.387. The Balaban J connectivity index is 3.24. The van der Waals surface area contributed by atoms with Crippen LogP contribution in [0, 0.1) is 10.1 Å². The van der Waals surface area contributed by atoms with Gasteiger partial charge in [-0.15, -0.1) is 0 Å². The third kappa shape index (κ3) is 3.50. The molecule has 0 heterocycles. The number of carbonyl (C=O) groups is 1. The topological polar surface area (TPSA) is 147 Å². The molecule has 0 radical (unpaired) electrons. The van der Waals surface area contributed by atoms with Gasteiger partial charge >= 0.3 is 5.97 Å². The average molecular weight is 304 g/mol. The zero-order valence-electron chi connectivity index (χ0n) is 10.3. The Kier molecular flexibility index (Phi) is 4.76. The second-order valence-electron chi connectivity index (χ2n) is 3.90. The molecule has 20 heavy (non-hydrogen) atoms. The van der Waals surface area contributed by atoms with Crippen molar-refractivity contribution in [2.45, 2.75) is 24.0 Å². The van der Waals surface area contributed by atoms with Gasteiger partial charge < -0.3 is 10.2 Å². The van der Waals surface area contributed by atoms with Crippen LogP contribution in [0.1, 0.15) is 6.92 Å². The summed E-state index contributed by atoms with van der Waals surface area (Å²) in [5.41, 5.74) is -0.685. The van der Waals surface area contributed by atoms with Crippen LogP contribution in [0.5, 0.6) is 0 Å². The van der Waals surface area contributed by atoms with Crippen molar-refractivity contribution in [1.82, 2.24) is 4.72 Å². The van der Waals surface area contributed by atoms with Crippen LogP contribution in [0.4, 0.5) is 5.69 Å². The second-order valence-corrected chi connectivity index (χ2v) is 5.59. The minimum absolute atomic E-state index is 0.670. The molecule has 9 nitrogen and oxygen atoms in total. The first-order valence-electron chi connectivity index (χ1n) is 5.33. The molecule has 0 saturated heterocycles. The van der Waals surface area contributed by atoms with Crippen LogP contribution in [0.3, 0.4) is 0 Å². The number of aliphatic carboxylic acids is 1. The molecule has 1 aromatic rings. The number of sulfonamides is 1. The van der Waals surface area contributed by atoms with E-state index in [0.717, 1.165) is 19.1 Å². The van der Waals surface area contributed by atoms with Crippen molar-refractivity contribution in [3.05, 3.63) is 34.4 Å². The highest BCUT2D eigenvalue weighted by Crippen LogP contribution is 2.23. The van der Waals surface area contributed by atoms with Gasteiger partial charge in [-0.05, 0) is 13.0 Å². The number of benzene rings is 1. The van der Waals surface area contributed by atoms with Crippen LogP contribution >= 0.6 is 0 Å². The molecular formula is C10H12N2O7S. The van der Waals surface area contributed by atoms with Crippen molar-refractivity contribution in [3.63, 3.8) is 0 Å². The summed E-state index contributed by atoms with van der Waals surface area (Å²) in [6.07, 6.45) is -1.51. The Morgan fingerprint density at radius 1 is 1.40 bits per heavy atom. The highest BCUT2D eigenvalue weighted by atomic mass is 32.2. The van der Waals surface area contributed by atoms with Crippen LogP contribution < -0.4 is 4.72 Å². The number of nitrogens with one attached hydrogen (secondary N) is 1. The minimum Gasteiger partial charge on any atom is -0.480 e. The fourth-order valence-electron chi connectivity index (χ4n) is 1.42. The van der Waals surface area contributed by atoms with Crippen molar-refractivity contribution < 1.29 is 28.3 Å². The largest absolute Gasteiger partial charge is 0.480 e. The fraction of sp³-hybridized carbons (Fsp3) is 0.300. The van der Waals surface area contributed by atoms with E-state index in [1.54, 1.807) is 4.72 Å². The van der Waals surface area contributed by atoms with Gasteiger partial charge in [0.25, 0.3) is 5.69 Å². The molecule has 0 spiro atoms. The maximum Gasteiger partial charge on any atom is 0.324 e. The summed E-state index contributed by atoms with van der Waals surface area (Å²) in [5, 5.41) is 28.8. The number of hydrogen-bond acceptors (Lipinski definition) is 6. The molecule has 0 bridgehead atoms. The van der Waals surface area contributed by atoms with Crippen LogP contribution in [0.15, 0.2) is 29.2 Å². The molecule has 0 aliphatic carbocycles. The van der Waals surface area contributed by atoms with E-state index in [9.17, 15) is 28.4 Å². The van der Waals surface area contributed by atoms with E-state index in [4.69, 9.17) is 5.11 Å². The highest BCUT2D eigenvalue weighted by molar-refractivity contribution is 7.89. The van der Waals surface area contributed by atoms with Gasteiger partial charge in [0.1, 0.15) is 6.04 Å². The molecule has 0 aromatic heterocycles. The number of nitro groups is 1. The summed E-state index contributed by atoms with van der Waals surface area (Å²) in [4.78, 5) is 20.1. The lowest BCUT2D eigenvalue weighted by Gasteiger charge is -2.17. The molecule has 0 amide bonds. The molecule has 0 fully saturated rings. The number of nitro benzene ring substituents is 1. The number of para-hydroxylation sites is 1. The Bertz CT molecular complexity index is 626. The molecule has 0 saturated carbocycles. The van der Waals surface area contributed by atoms with E-state index in [0.29, 0.717) is 0 Å². The lowest BCUT2D eigenvalue weighted by atomic mass is 10.2. The number of hydrogen-bond donors (Lipinski definition) is 3. The van der Waals surface area contributed by atoms with E-state index in [1.165, 1.54) is 12.1 Å². The molecule has 0 aliphatic heterocycles. The van der Waals surface area contributed by atoms with Crippen molar-refractivity contribution in [1.29, 1.82) is 0 Å². The van der Waals surface area contributed by atoms with E-state index < -0.39 is 43.6 Å². The molecule has 0 unspecified atom stereocenters. The zero-order chi connectivity index (χ0) is 15.5. The van der Waals surface area contributed by atoms with Crippen LogP contribution in [-0.4, -0.2) is 41.7 Å². The average Bonchev–Trinajstić information content (AvgIpc) is 2.35. The van der Waals surface area contributed by atoms with Crippen molar-refractivity contribution in [2.75, 3.05) is 0 Å². The van der Waals surface area contributed by atoms with E-state index in [1.807, 2.05) is 0 Å². The van der Waals surface area contributed by atoms with Gasteiger partial charge in [-0.1, -0.05) is 12.1 Å². The summed E-state index contributed by atoms with van der Waals surface area (Å²) in [6, 6.07) is 2.69. The number of carboxylic acids is 1. The Morgan fingerprint density at radius 3 is 2.40 bits per heavy atom. The van der Waals surface area contributed by atoms with Crippen molar-refractivity contribution >= 4 is 21.7 Å². The summed E-state index contributed by atoms with van der Waals surface area (Å²) >= 11 is 0. The molecule has 1 rings (SSSR count). The number of rotatable bonds is 6. The highest BCUT2D eigenvalue weighted by Gasteiger charge is 2.32. The Morgan fingerprint density at radius 2 is 1.95 bits per heavy atom. The predicted octanol–water partition coefficient (Wildman–Crippen LogP) is -0.293. The number of carboxylic acid groups (broad SMARTS) is 1. The van der Waals surface area contributed by atoms with Crippen LogP contribution in [0.25, 0.3) is 0 Å². The third-order valence-electron chi connectivity index (χ3n) is 2.38. The molecular weight excluding hydrogens is 292 g/mol. The Labute approximate surface area is 114 Å². The van der Waals surface area contributed by atoms with Crippen molar-refractivity contribution in [2.24, 2.45) is 0 Å². The number of aliphatic hydroxyl groups excluding tert-OH is 1. The molecule has 3 N–H and O–H groups in total. The molecule has 0 aliphatic rings. The van der Waals surface area contributed by atoms with Crippen LogP contribution in [-0.2, 0) is 14.8 Å². The first-order valence-corrected chi connectivity index (χ1v) is 6.81. The maximum atomic E-state index is 12.0. The monoisotopic (exact) mass is 304 g/mol. The van der Waals surface area contributed by atoms with Gasteiger partial charge in [0.2, 0.25) is 10.0 Å². The van der Waals surface area contributed by atoms with Gasteiger partial charge in [0, 0.05) is 6.07 Å². The Hall–Kier alpha value is -2.04. The van der Waals surface area contributed by atoms with E-state index in [2.05, 4.69) is 0 Å². The quantitative estimate of drug-likeness (QED) is 0.483. The van der Waals surface area contributed by atoms with Gasteiger partial charge in [0.15, 0.2) is 4.90 Å². The number of aliphatic hydroxyl groups is 1. The first-order chi connectivity index (χ1) is 9.16. The summed E-state index contributed by atoms with van der Waals surface area (Å²) in [6.45, 7) is 1.08. The second kappa shape index (κ2) is 5.94. The van der Waals surface area contributed by atoms with E-state index in [-0.39, 0.29) is 0 Å². The van der Waals surface area contributed by atoms with Gasteiger partial charge in [0.05, 0.1) is 11.0 Å². The van der Waals surface area contributed by atoms with Gasteiger partial charge in [-0.2, -0.15) is 4.72 Å². The van der Waals surface area contributed by atoms with Crippen molar-refractivity contribution in [3.8, 4) is 0 Å². The minimum atomic E-state index is -4.46. The lowest BCUT2D eigenvalue weighted by Crippen LogP contribution is -2.47. The SMILES string of the molecule is C[C@@H](O)[C@H](NS(=O)(=O)c1ccccc1[N+](=O)[O-])C(=O)O. The van der Waals surface area contributed by atoms with Crippen LogP contribution in [0.2, 0.25) is 0 Å². The molecule has 10 heteroatoms. The summed E-state index contributed by atoms with van der Waals surface area (Å²) in [5.74, 6) is -1.60. The predicted molar refractivity (Wildman–Crippen MR) is 66.5 cm³/mol. The fourth-order valence-corrected chi connectivity index (χ4v) is 2.86. The number of nitrogens with zero attached hydrogens (tertiary/aromatic N) is 1.